The van der Waals surface area contributed by atoms with Gasteiger partial charge in [-0.2, -0.15) is 0 Å². The van der Waals surface area contributed by atoms with Gasteiger partial charge < -0.3 is 0 Å². The maximum absolute atomic E-state index is 12.1. The first-order valence-corrected chi connectivity index (χ1v) is 12.5. The molecule has 0 fully saturated rings. The van der Waals surface area contributed by atoms with E-state index in [1.54, 1.807) is 40.5 Å². The predicted molar refractivity (Wildman–Crippen MR) is 90.8 cm³/mol. The molecule has 0 aliphatic heterocycles. The number of carbonyl (C=O) groups excluding carboxylic acids is 1. The Balaban J connectivity index is 2.21. The number of rotatable bonds is 2. The van der Waals surface area contributed by atoms with Gasteiger partial charge >= 0.3 is 0 Å². The summed E-state index contributed by atoms with van der Waals surface area (Å²) in [5.74, 6) is 0.200. The van der Waals surface area contributed by atoms with E-state index in [2.05, 4.69) is 42.4 Å². The fourth-order valence-electron chi connectivity index (χ4n) is 1.63. The first-order chi connectivity index (χ1) is 7.74. The number of carbonyl (C=O) groups is 1. The van der Waals surface area contributed by atoms with E-state index in [0.717, 1.165) is 11.1 Å². The second kappa shape index (κ2) is 4.72. The maximum Gasteiger partial charge on any atom is 0.196 e. The van der Waals surface area contributed by atoms with Gasteiger partial charge in [0.25, 0.3) is 0 Å². The van der Waals surface area contributed by atoms with Gasteiger partial charge in [-0.1, -0.05) is 0 Å². The number of hydrogen-bond acceptors (Lipinski definition) is 5. The molecule has 2 heterocycles. The van der Waals surface area contributed by atoms with Crippen molar-refractivity contribution in [1.82, 2.24) is 0 Å². The van der Waals surface area contributed by atoms with E-state index >= 15 is 0 Å². The average Bonchev–Trinajstić information content (AvgIpc) is 2.94. The SMILES string of the molecule is O=C1c2cc(SI)sc2-c2sc(SI)cc21. The van der Waals surface area contributed by atoms with Crippen LogP contribution in [0.25, 0.3) is 9.75 Å². The number of fused-ring (bicyclic) bond motifs is 3. The molecule has 1 nitrogen and oxygen atoms in total. The molecular weight excluding hydrogens is 506 g/mol. The lowest BCUT2D eigenvalue weighted by molar-refractivity contribution is 0.104. The lowest BCUT2D eigenvalue weighted by atomic mass is 10.2. The van der Waals surface area contributed by atoms with E-state index in [9.17, 15) is 4.79 Å². The van der Waals surface area contributed by atoms with Gasteiger partial charge in [-0.25, -0.2) is 0 Å². The molecule has 2 aromatic heterocycles. The zero-order valence-corrected chi connectivity index (χ0v) is 15.0. The van der Waals surface area contributed by atoms with Crippen LogP contribution in [0.2, 0.25) is 0 Å². The second-order valence-corrected chi connectivity index (χ2v) is 9.55. The molecular formula is C9H2I2OS4. The average molecular weight is 508 g/mol. The molecule has 3 rings (SSSR count). The van der Waals surface area contributed by atoms with Gasteiger partial charge in [-0.3, -0.25) is 4.79 Å². The van der Waals surface area contributed by atoms with Crippen molar-refractivity contribution in [3.05, 3.63) is 23.3 Å². The van der Waals surface area contributed by atoms with Gasteiger partial charge in [0.05, 0.1) is 18.2 Å². The quantitative estimate of drug-likeness (QED) is 0.402. The Hall–Kier alpha value is 1.23. The molecule has 0 spiro atoms. The molecule has 82 valence electrons. The number of ketones is 1. The molecule has 2 aromatic rings. The van der Waals surface area contributed by atoms with Gasteiger partial charge in [0.15, 0.2) is 5.78 Å². The van der Waals surface area contributed by atoms with E-state index in [0.29, 0.717) is 0 Å². The van der Waals surface area contributed by atoms with Gasteiger partial charge in [0.2, 0.25) is 0 Å². The molecule has 1 aliphatic rings. The van der Waals surface area contributed by atoms with Crippen molar-refractivity contribution < 1.29 is 4.79 Å². The molecule has 0 saturated carbocycles. The molecule has 16 heavy (non-hydrogen) atoms. The Labute approximate surface area is 133 Å². The van der Waals surface area contributed by atoms with Crippen molar-refractivity contribution in [1.29, 1.82) is 0 Å². The summed E-state index contributed by atoms with van der Waals surface area (Å²) in [5.41, 5.74) is 1.80. The minimum atomic E-state index is 0.200. The monoisotopic (exact) mass is 508 g/mol. The van der Waals surface area contributed by atoms with Crippen LogP contribution in [0.15, 0.2) is 20.6 Å². The lowest BCUT2D eigenvalue weighted by Gasteiger charge is -1.87. The summed E-state index contributed by atoms with van der Waals surface area (Å²) in [7, 11) is 3.35. The van der Waals surface area contributed by atoms with Crippen molar-refractivity contribution in [2.75, 3.05) is 0 Å². The molecule has 0 aromatic carbocycles. The highest BCUT2D eigenvalue weighted by atomic mass is 127. The summed E-state index contributed by atoms with van der Waals surface area (Å²) in [6, 6.07) is 4.03. The van der Waals surface area contributed by atoms with E-state index in [1.807, 2.05) is 12.1 Å². The van der Waals surface area contributed by atoms with Crippen molar-refractivity contribution in [2.24, 2.45) is 0 Å². The van der Waals surface area contributed by atoms with Crippen LogP contribution >= 0.6 is 83.0 Å². The molecule has 1 aliphatic carbocycles. The fraction of sp³-hybridized carbons (Fsp3) is 0. The fourth-order valence-corrected chi connectivity index (χ4v) is 7.02. The molecule has 0 saturated heterocycles. The molecule has 0 unspecified atom stereocenters. The maximum atomic E-state index is 12.1. The van der Waals surface area contributed by atoms with E-state index < -0.39 is 0 Å². The van der Waals surface area contributed by atoms with Crippen molar-refractivity contribution in [3.8, 4) is 9.75 Å². The highest BCUT2D eigenvalue weighted by molar-refractivity contribution is 14.2. The van der Waals surface area contributed by atoms with E-state index in [1.165, 1.54) is 18.2 Å². The highest BCUT2D eigenvalue weighted by Gasteiger charge is 2.31. The summed E-state index contributed by atoms with van der Waals surface area (Å²) < 4.78 is 2.42. The van der Waals surface area contributed by atoms with Crippen LogP contribution in [0.4, 0.5) is 0 Å². The van der Waals surface area contributed by atoms with Crippen molar-refractivity contribution in [2.45, 2.75) is 8.42 Å². The van der Waals surface area contributed by atoms with E-state index in [4.69, 9.17) is 0 Å². The zero-order chi connectivity index (χ0) is 11.3. The summed E-state index contributed by atoms with van der Waals surface area (Å²) in [4.78, 5) is 14.5. The Morgan fingerprint density at radius 1 is 0.938 bits per heavy atom. The lowest BCUT2D eigenvalue weighted by Crippen LogP contribution is -1.91. The Kier molecular flexibility index (Phi) is 3.62. The third-order valence-corrected chi connectivity index (χ3v) is 10.5. The van der Waals surface area contributed by atoms with Crippen LogP contribution in [0.5, 0.6) is 0 Å². The van der Waals surface area contributed by atoms with Gasteiger partial charge in [0, 0.05) is 53.5 Å². The zero-order valence-electron chi connectivity index (χ0n) is 7.45. The van der Waals surface area contributed by atoms with Crippen LogP contribution in [0, 0.1) is 0 Å². The normalized spacial score (nSPS) is 13.0. The van der Waals surface area contributed by atoms with Crippen LogP contribution in [-0.4, -0.2) is 5.78 Å². The van der Waals surface area contributed by atoms with Crippen LogP contribution in [0.1, 0.15) is 15.9 Å². The molecule has 0 bridgehead atoms. The Bertz CT molecular complexity index is 536. The predicted octanol–water partition coefficient (Wildman–Crippen LogP) is 5.91. The Morgan fingerprint density at radius 2 is 1.38 bits per heavy atom. The summed E-state index contributed by atoms with van der Waals surface area (Å²) in [6.07, 6.45) is 0. The third-order valence-electron chi connectivity index (χ3n) is 2.27. The topological polar surface area (TPSA) is 17.1 Å². The van der Waals surface area contributed by atoms with Crippen LogP contribution in [-0.2, 0) is 0 Å². The minimum Gasteiger partial charge on any atom is -0.288 e. The second-order valence-electron chi connectivity index (χ2n) is 3.10. The van der Waals surface area contributed by atoms with Gasteiger partial charge in [-0.05, 0) is 30.0 Å². The highest BCUT2D eigenvalue weighted by Crippen LogP contribution is 2.51. The van der Waals surface area contributed by atoms with Crippen molar-refractivity contribution >= 4 is 88.7 Å². The minimum absolute atomic E-state index is 0.200. The van der Waals surface area contributed by atoms with Gasteiger partial charge in [-0.15, -0.1) is 22.7 Å². The van der Waals surface area contributed by atoms with Crippen LogP contribution in [0.3, 0.4) is 0 Å². The number of halogens is 2. The van der Waals surface area contributed by atoms with E-state index in [-0.39, 0.29) is 5.78 Å². The first kappa shape index (κ1) is 12.3. The van der Waals surface area contributed by atoms with Gasteiger partial charge in [0.1, 0.15) is 0 Å². The molecule has 0 radical (unpaired) electrons. The molecule has 0 N–H and O–H groups in total. The molecule has 0 atom stereocenters. The summed E-state index contributed by atoms with van der Waals surface area (Å²) in [5, 5.41) is 0. The largest absolute Gasteiger partial charge is 0.288 e. The Morgan fingerprint density at radius 3 is 1.75 bits per heavy atom. The number of thiophene rings is 2. The molecule has 0 amide bonds. The third kappa shape index (κ3) is 1.81. The summed E-state index contributed by atoms with van der Waals surface area (Å²) >= 11 is 7.96. The number of hydrogen-bond donors (Lipinski definition) is 0. The smallest absolute Gasteiger partial charge is 0.196 e. The van der Waals surface area contributed by atoms with Crippen LogP contribution < -0.4 is 0 Å². The first-order valence-electron chi connectivity index (χ1n) is 4.14. The molecule has 7 heteroatoms. The standard InChI is InChI=1S/C9H2I2OS4/c10-15-5-1-3-7(12)4-2-6(16-11)14-9(4)8(3)13-5/h1-2H. The summed E-state index contributed by atoms with van der Waals surface area (Å²) in [6.45, 7) is 0. The van der Waals surface area contributed by atoms with Crippen molar-refractivity contribution in [3.63, 3.8) is 0 Å².